The van der Waals surface area contributed by atoms with Crippen molar-refractivity contribution in [3.05, 3.63) is 59.4 Å². The van der Waals surface area contributed by atoms with Crippen LogP contribution in [0, 0.1) is 11.7 Å². The highest BCUT2D eigenvalue weighted by Gasteiger charge is 2.41. The van der Waals surface area contributed by atoms with Crippen LogP contribution in [0.1, 0.15) is 50.4 Å². The lowest BCUT2D eigenvalue weighted by Crippen LogP contribution is -2.43. The molecule has 0 amide bonds. The Bertz CT molecular complexity index is 1130. The summed E-state index contributed by atoms with van der Waals surface area (Å²) in [6, 6.07) is 5.80. The number of carbonyl (C=O) groups is 3. The van der Waals surface area contributed by atoms with Crippen molar-refractivity contribution >= 4 is 47.1 Å². The SMILES string of the molecule is CCOC(=O)Cn1cncc1/C=C1/CN(C(C(=O)C2CC2)c2ccccc2F)CCC1SC(C)=O.Cl. The van der Waals surface area contributed by atoms with E-state index in [4.69, 9.17) is 4.74 Å². The number of aromatic nitrogens is 2. The van der Waals surface area contributed by atoms with Crippen LogP contribution in [0.3, 0.4) is 0 Å². The van der Waals surface area contributed by atoms with Crippen LogP contribution in [0.25, 0.3) is 6.08 Å². The Labute approximate surface area is 220 Å². The predicted molar refractivity (Wildman–Crippen MR) is 139 cm³/mol. The highest BCUT2D eigenvalue weighted by molar-refractivity contribution is 8.14. The number of Topliss-reactive ketones (excluding diaryl/α,β-unsaturated/α-hetero) is 1. The third-order valence-corrected chi connectivity index (χ3v) is 7.44. The molecule has 2 aromatic rings. The van der Waals surface area contributed by atoms with Crippen molar-refractivity contribution in [2.45, 2.75) is 50.9 Å². The van der Waals surface area contributed by atoms with Crippen molar-refractivity contribution in [1.82, 2.24) is 14.5 Å². The summed E-state index contributed by atoms with van der Waals surface area (Å²) in [4.78, 5) is 43.5. The van der Waals surface area contributed by atoms with Crippen molar-refractivity contribution in [2.24, 2.45) is 5.92 Å². The molecule has 10 heteroatoms. The summed E-state index contributed by atoms with van der Waals surface area (Å²) in [7, 11) is 0. The summed E-state index contributed by atoms with van der Waals surface area (Å²) >= 11 is 1.26. The van der Waals surface area contributed by atoms with Gasteiger partial charge in [0.15, 0.2) is 10.9 Å². The number of ketones is 1. The van der Waals surface area contributed by atoms with Gasteiger partial charge in [-0.3, -0.25) is 19.3 Å². The van der Waals surface area contributed by atoms with Crippen molar-refractivity contribution in [3.63, 3.8) is 0 Å². The van der Waals surface area contributed by atoms with Gasteiger partial charge in [-0.2, -0.15) is 0 Å². The summed E-state index contributed by atoms with van der Waals surface area (Å²) in [5.74, 6) is -0.716. The molecule has 1 saturated heterocycles. The Balaban J connectivity index is 0.00000361. The molecule has 4 rings (SSSR count). The fourth-order valence-electron chi connectivity index (χ4n) is 4.51. The number of nitrogens with zero attached hydrogens (tertiary/aromatic N) is 3. The first-order valence-electron chi connectivity index (χ1n) is 11.9. The number of thioether (sulfide) groups is 1. The minimum Gasteiger partial charge on any atom is -0.465 e. The number of ether oxygens (including phenoxy) is 1. The van der Waals surface area contributed by atoms with Crippen LogP contribution >= 0.6 is 24.2 Å². The molecule has 0 radical (unpaired) electrons. The van der Waals surface area contributed by atoms with Crippen molar-refractivity contribution in [1.29, 1.82) is 0 Å². The van der Waals surface area contributed by atoms with Gasteiger partial charge in [0, 0.05) is 36.7 Å². The Kier molecular flexibility index (Phi) is 9.87. The number of halogens is 2. The predicted octanol–water partition coefficient (Wildman–Crippen LogP) is 4.46. The fraction of sp³-hybridized carbons (Fsp3) is 0.462. The Morgan fingerprint density at radius 3 is 2.67 bits per heavy atom. The van der Waals surface area contributed by atoms with E-state index in [0.29, 0.717) is 37.4 Å². The van der Waals surface area contributed by atoms with Gasteiger partial charge in [0.25, 0.3) is 0 Å². The molecular weight excluding hydrogens is 505 g/mol. The van der Waals surface area contributed by atoms with Gasteiger partial charge in [-0.1, -0.05) is 30.0 Å². The first kappa shape index (κ1) is 28.1. The van der Waals surface area contributed by atoms with Gasteiger partial charge in [0.1, 0.15) is 12.4 Å². The number of hydrogen-bond acceptors (Lipinski definition) is 7. The van der Waals surface area contributed by atoms with E-state index in [0.717, 1.165) is 18.4 Å². The molecule has 0 spiro atoms. The maximum Gasteiger partial charge on any atom is 0.325 e. The van der Waals surface area contributed by atoms with E-state index in [-0.39, 0.29) is 52.8 Å². The maximum absolute atomic E-state index is 14.8. The van der Waals surface area contributed by atoms with Crippen molar-refractivity contribution < 1.29 is 23.5 Å². The van der Waals surface area contributed by atoms with Gasteiger partial charge in [-0.25, -0.2) is 9.37 Å². The number of rotatable bonds is 9. The Morgan fingerprint density at radius 1 is 1.25 bits per heavy atom. The van der Waals surface area contributed by atoms with Crippen LogP contribution in [0.2, 0.25) is 0 Å². The van der Waals surface area contributed by atoms with Gasteiger partial charge >= 0.3 is 5.97 Å². The molecule has 0 bridgehead atoms. The molecule has 1 aliphatic heterocycles. The lowest BCUT2D eigenvalue weighted by molar-refractivity contribution is -0.143. The fourth-order valence-corrected chi connectivity index (χ4v) is 5.43. The number of imidazole rings is 1. The summed E-state index contributed by atoms with van der Waals surface area (Å²) in [5.41, 5.74) is 2.04. The van der Waals surface area contributed by atoms with Crippen LogP contribution < -0.4 is 0 Å². The lowest BCUT2D eigenvalue weighted by atomic mass is 9.93. The van der Waals surface area contributed by atoms with Crippen LogP contribution in [0.15, 0.2) is 42.4 Å². The number of carbonyl (C=O) groups excluding carboxylic acids is 3. The Hall–Kier alpha value is -2.49. The van der Waals surface area contributed by atoms with E-state index in [1.807, 2.05) is 11.0 Å². The molecule has 1 aromatic heterocycles. The molecule has 7 nitrogen and oxygen atoms in total. The van der Waals surface area contributed by atoms with Crippen LogP contribution in [-0.4, -0.2) is 56.3 Å². The maximum atomic E-state index is 14.8. The lowest BCUT2D eigenvalue weighted by Gasteiger charge is -2.38. The quantitative estimate of drug-likeness (QED) is 0.438. The highest BCUT2D eigenvalue weighted by Crippen LogP contribution is 2.40. The van der Waals surface area contributed by atoms with Crippen molar-refractivity contribution in [3.8, 4) is 0 Å². The molecule has 2 aliphatic rings. The molecule has 0 N–H and O–H groups in total. The van der Waals surface area contributed by atoms with E-state index in [2.05, 4.69) is 4.98 Å². The average molecular weight is 536 g/mol. The number of esters is 1. The Morgan fingerprint density at radius 2 is 2.00 bits per heavy atom. The highest BCUT2D eigenvalue weighted by atomic mass is 35.5. The number of likely N-dealkylation sites (tertiary alicyclic amines) is 1. The number of benzene rings is 1. The zero-order valence-electron chi connectivity index (χ0n) is 20.4. The van der Waals surface area contributed by atoms with Crippen LogP contribution in [0.5, 0.6) is 0 Å². The van der Waals surface area contributed by atoms with E-state index in [1.54, 1.807) is 49.1 Å². The summed E-state index contributed by atoms with van der Waals surface area (Å²) in [6.45, 7) is 4.60. The summed E-state index contributed by atoms with van der Waals surface area (Å²) < 4.78 is 21.6. The third kappa shape index (κ3) is 6.83. The van der Waals surface area contributed by atoms with Crippen LogP contribution in [0.4, 0.5) is 4.39 Å². The zero-order chi connectivity index (χ0) is 24.9. The zero-order valence-corrected chi connectivity index (χ0v) is 22.0. The van der Waals surface area contributed by atoms with Gasteiger partial charge in [0.05, 0.1) is 30.9 Å². The van der Waals surface area contributed by atoms with E-state index >= 15 is 0 Å². The molecule has 2 atom stereocenters. The minimum atomic E-state index is -0.667. The first-order valence-corrected chi connectivity index (χ1v) is 12.8. The molecule has 1 aliphatic carbocycles. The standard InChI is InChI=1S/C26H30FN3O4S.ClH/c1-3-34-24(32)15-30-16-28-13-20(30)12-19-14-29(11-10-23(19)35-17(2)31)25(26(33)18-8-9-18)21-6-4-5-7-22(21)27;/h4-7,12-13,16,18,23,25H,3,8-11,14-15H2,1-2H3;1H/b19-12-;. The molecular formula is C26H31ClFN3O4S. The second-order valence-electron chi connectivity index (χ2n) is 8.93. The summed E-state index contributed by atoms with van der Waals surface area (Å²) in [6.07, 6.45) is 7.48. The van der Waals surface area contributed by atoms with E-state index < -0.39 is 6.04 Å². The second-order valence-corrected chi connectivity index (χ2v) is 10.3. The average Bonchev–Trinajstić information content (AvgIpc) is 3.58. The molecule has 36 heavy (non-hydrogen) atoms. The summed E-state index contributed by atoms with van der Waals surface area (Å²) in [5, 5.41) is -0.0684. The second kappa shape index (κ2) is 12.7. The molecule has 1 saturated carbocycles. The number of hydrogen-bond donors (Lipinski definition) is 0. The molecule has 2 heterocycles. The number of piperidine rings is 1. The van der Waals surface area contributed by atoms with Crippen molar-refractivity contribution in [2.75, 3.05) is 19.7 Å². The molecule has 2 unspecified atom stereocenters. The smallest absolute Gasteiger partial charge is 0.325 e. The van der Waals surface area contributed by atoms with Gasteiger partial charge in [-0.15, -0.1) is 12.4 Å². The third-order valence-electron chi connectivity index (χ3n) is 6.28. The van der Waals surface area contributed by atoms with Gasteiger partial charge < -0.3 is 9.30 Å². The van der Waals surface area contributed by atoms with Gasteiger partial charge in [-0.05, 0) is 43.9 Å². The van der Waals surface area contributed by atoms with E-state index in [1.165, 1.54) is 17.8 Å². The monoisotopic (exact) mass is 535 g/mol. The largest absolute Gasteiger partial charge is 0.465 e. The molecule has 2 fully saturated rings. The first-order chi connectivity index (χ1) is 16.9. The normalized spacial score (nSPS) is 20.0. The van der Waals surface area contributed by atoms with Crippen LogP contribution in [-0.2, 0) is 25.7 Å². The van der Waals surface area contributed by atoms with E-state index in [9.17, 15) is 18.8 Å². The van der Waals surface area contributed by atoms with Gasteiger partial charge in [0.2, 0.25) is 0 Å². The molecule has 1 aromatic carbocycles. The topological polar surface area (TPSA) is 81.5 Å². The molecule has 194 valence electrons. The minimum absolute atomic E-state index is 0.